The van der Waals surface area contributed by atoms with Crippen molar-refractivity contribution in [2.75, 3.05) is 14.2 Å². The summed E-state index contributed by atoms with van der Waals surface area (Å²) in [6.07, 6.45) is 2.59. The molecule has 0 bridgehead atoms. The molecular weight excluding hydrogens is 323 g/mol. The lowest BCUT2D eigenvalue weighted by atomic mass is 10.2. The molecule has 0 spiro atoms. The molecule has 0 aliphatic carbocycles. The van der Waals surface area contributed by atoms with Gasteiger partial charge in [0.2, 0.25) is 0 Å². The Morgan fingerprint density at radius 3 is 2.56 bits per heavy atom. The fraction of sp³-hybridized carbons (Fsp3) is 0.182. The summed E-state index contributed by atoms with van der Waals surface area (Å²) in [5, 5.41) is 8.53. The zero-order valence-corrected chi connectivity index (χ0v) is 11.0. The first-order valence-corrected chi connectivity index (χ1v) is 5.49. The van der Waals surface area contributed by atoms with E-state index in [1.165, 1.54) is 6.08 Å². The summed E-state index contributed by atoms with van der Waals surface area (Å²) in [5.74, 6) is 0.250. The molecule has 0 amide bonds. The Kier molecular flexibility index (Phi) is 4.60. The molecule has 0 aliphatic rings. The van der Waals surface area contributed by atoms with Gasteiger partial charge in [-0.3, -0.25) is 0 Å². The van der Waals surface area contributed by atoms with Gasteiger partial charge in [-0.1, -0.05) is 0 Å². The molecule has 1 N–H and O–H groups in total. The van der Waals surface area contributed by atoms with Crippen molar-refractivity contribution in [1.29, 1.82) is 0 Å². The van der Waals surface area contributed by atoms with Crippen molar-refractivity contribution < 1.29 is 19.4 Å². The summed E-state index contributed by atoms with van der Waals surface area (Å²) in [5.41, 5.74) is 0.754. The van der Waals surface area contributed by atoms with Gasteiger partial charge in [0.25, 0.3) is 0 Å². The highest BCUT2D eigenvalue weighted by Gasteiger charge is 2.09. The average Bonchev–Trinajstić information content (AvgIpc) is 2.25. The molecule has 0 aromatic heterocycles. The van der Waals surface area contributed by atoms with E-state index < -0.39 is 5.97 Å². The van der Waals surface area contributed by atoms with Gasteiger partial charge in [-0.2, -0.15) is 0 Å². The van der Waals surface area contributed by atoms with Crippen LogP contribution in [0, 0.1) is 3.57 Å². The molecule has 4 nitrogen and oxygen atoms in total. The summed E-state index contributed by atoms with van der Waals surface area (Å²) in [6.45, 7) is 0. The average molecular weight is 334 g/mol. The third-order valence-electron chi connectivity index (χ3n) is 1.87. The van der Waals surface area contributed by atoms with Crippen LogP contribution in [0.15, 0.2) is 18.2 Å². The predicted molar refractivity (Wildman–Crippen MR) is 68.9 cm³/mol. The highest BCUT2D eigenvalue weighted by Crippen LogP contribution is 2.33. The number of ether oxygens (including phenoxy) is 2. The summed E-state index contributed by atoms with van der Waals surface area (Å²) >= 11 is 2.11. The number of hydrogen-bond acceptors (Lipinski definition) is 3. The van der Waals surface area contributed by atoms with Crippen LogP contribution in [0.25, 0.3) is 6.08 Å². The number of aliphatic carboxylic acids is 1. The molecule has 0 fully saturated rings. The first-order valence-electron chi connectivity index (χ1n) is 4.41. The predicted octanol–water partition coefficient (Wildman–Crippen LogP) is 2.41. The van der Waals surface area contributed by atoms with Crippen molar-refractivity contribution in [2.24, 2.45) is 0 Å². The van der Waals surface area contributed by atoms with Crippen LogP contribution in [-0.2, 0) is 4.79 Å². The summed E-state index contributed by atoms with van der Waals surface area (Å²) < 4.78 is 11.2. The van der Waals surface area contributed by atoms with Crippen LogP contribution < -0.4 is 9.47 Å². The van der Waals surface area contributed by atoms with Gasteiger partial charge in [0.15, 0.2) is 11.5 Å². The van der Waals surface area contributed by atoms with Crippen molar-refractivity contribution >= 4 is 34.6 Å². The van der Waals surface area contributed by atoms with Gasteiger partial charge in [0.1, 0.15) is 0 Å². The van der Waals surface area contributed by atoms with Crippen molar-refractivity contribution in [2.45, 2.75) is 0 Å². The minimum atomic E-state index is -0.982. The van der Waals surface area contributed by atoms with Crippen LogP contribution in [0.1, 0.15) is 5.56 Å². The zero-order chi connectivity index (χ0) is 12.1. The second-order valence-corrected chi connectivity index (χ2v) is 4.07. The molecule has 0 saturated heterocycles. The molecule has 1 aromatic rings. The Hall–Kier alpha value is -1.24. The van der Waals surface area contributed by atoms with Crippen LogP contribution in [0.3, 0.4) is 0 Å². The second-order valence-electron chi connectivity index (χ2n) is 2.91. The van der Waals surface area contributed by atoms with Gasteiger partial charge in [0, 0.05) is 6.08 Å². The van der Waals surface area contributed by atoms with Crippen molar-refractivity contribution in [3.8, 4) is 11.5 Å². The van der Waals surface area contributed by atoms with Crippen molar-refractivity contribution in [3.63, 3.8) is 0 Å². The van der Waals surface area contributed by atoms with E-state index in [-0.39, 0.29) is 0 Å². The molecule has 5 heteroatoms. The maximum absolute atomic E-state index is 10.4. The quantitative estimate of drug-likeness (QED) is 0.679. The lowest BCUT2D eigenvalue weighted by molar-refractivity contribution is -0.131. The Morgan fingerprint density at radius 2 is 2.06 bits per heavy atom. The van der Waals surface area contributed by atoms with E-state index in [1.807, 2.05) is 6.07 Å². The Morgan fingerprint density at radius 1 is 1.38 bits per heavy atom. The van der Waals surface area contributed by atoms with Crippen LogP contribution in [0.2, 0.25) is 0 Å². The molecule has 0 saturated carbocycles. The van der Waals surface area contributed by atoms with Gasteiger partial charge in [-0.05, 0) is 46.4 Å². The fourth-order valence-electron chi connectivity index (χ4n) is 1.20. The van der Waals surface area contributed by atoms with E-state index in [9.17, 15) is 4.79 Å². The van der Waals surface area contributed by atoms with Gasteiger partial charge in [-0.25, -0.2) is 4.79 Å². The Labute approximate surface area is 107 Å². The van der Waals surface area contributed by atoms with E-state index in [2.05, 4.69) is 22.6 Å². The molecular formula is C11H11IO4. The molecule has 16 heavy (non-hydrogen) atoms. The van der Waals surface area contributed by atoms with Crippen LogP contribution in [0.5, 0.6) is 11.5 Å². The number of halogens is 1. The molecule has 0 heterocycles. The van der Waals surface area contributed by atoms with Crippen LogP contribution >= 0.6 is 22.6 Å². The van der Waals surface area contributed by atoms with Crippen LogP contribution in [-0.4, -0.2) is 25.3 Å². The number of hydrogen-bond donors (Lipinski definition) is 1. The first-order chi connectivity index (χ1) is 7.58. The summed E-state index contributed by atoms with van der Waals surface area (Å²) in [6, 6.07) is 3.54. The number of benzene rings is 1. The highest BCUT2D eigenvalue weighted by atomic mass is 127. The van der Waals surface area contributed by atoms with Gasteiger partial charge >= 0.3 is 5.97 Å². The summed E-state index contributed by atoms with van der Waals surface area (Å²) in [7, 11) is 3.10. The second kappa shape index (κ2) is 5.74. The number of carboxylic acid groups (broad SMARTS) is 1. The molecule has 0 unspecified atom stereocenters. The third kappa shape index (κ3) is 3.13. The topological polar surface area (TPSA) is 55.8 Å². The van der Waals surface area contributed by atoms with E-state index in [4.69, 9.17) is 14.6 Å². The maximum atomic E-state index is 10.4. The number of methoxy groups -OCH3 is 2. The molecule has 1 aromatic carbocycles. The lowest BCUT2D eigenvalue weighted by Gasteiger charge is -2.10. The van der Waals surface area contributed by atoms with Gasteiger partial charge in [0.05, 0.1) is 17.8 Å². The fourth-order valence-corrected chi connectivity index (χ4v) is 2.05. The van der Waals surface area contributed by atoms with Gasteiger partial charge in [-0.15, -0.1) is 0 Å². The number of carboxylic acids is 1. The molecule has 0 aliphatic heterocycles. The standard InChI is InChI=1S/C11H11IO4/c1-15-9-6-7(3-4-10(13)14)5-8(12)11(9)16-2/h3-6H,1-2H3,(H,13,14)/b4-3-. The van der Waals surface area contributed by atoms with Crippen molar-refractivity contribution in [3.05, 3.63) is 27.3 Å². The van der Waals surface area contributed by atoms with E-state index >= 15 is 0 Å². The normalized spacial score (nSPS) is 10.4. The van der Waals surface area contributed by atoms with E-state index in [0.717, 1.165) is 15.2 Å². The number of rotatable bonds is 4. The Bertz CT molecular complexity index is 426. The maximum Gasteiger partial charge on any atom is 0.328 e. The summed E-state index contributed by atoms with van der Waals surface area (Å²) in [4.78, 5) is 10.4. The number of carbonyl (C=O) groups is 1. The van der Waals surface area contributed by atoms with E-state index in [1.54, 1.807) is 20.3 Å². The molecule has 86 valence electrons. The largest absolute Gasteiger partial charge is 0.493 e. The van der Waals surface area contributed by atoms with E-state index in [0.29, 0.717) is 11.5 Å². The smallest absolute Gasteiger partial charge is 0.328 e. The van der Waals surface area contributed by atoms with Crippen molar-refractivity contribution in [1.82, 2.24) is 0 Å². The SMILES string of the molecule is COc1cc(/C=C\C(=O)O)cc(I)c1OC. The molecule has 1 rings (SSSR count). The van der Waals surface area contributed by atoms with Crippen LogP contribution in [0.4, 0.5) is 0 Å². The zero-order valence-electron chi connectivity index (χ0n) is 8.86. The Balaban J connectivity index is 3.15. The lowest BCUT2D eigenvalue weighted by Crippen LogP contribution is -1.94. The monoisotopic (exact) mass is 334 g/mol. The molecule has 0 radical (unpaired) electrons. The minimum Gasteiger partial charge on any atom is -0.493 e. The molecule has 0 atom stereocenters. The highest BCUT2D eigenvalue weighted by molar-refractivity contribution is 14.1. The van der Waals surface area contributed by atoms with Gasteiger partial charge < -0.3 is 14.6 Å². The third-order valence-corrected chi connectivity index (χ3v) is 2.68. The minimum absolute atomic E-state index is 0.583. The first kappa shape index (κ1) is 12.8.